The number of rotatable bonds is 6. The van der Waals surface area contributed by atoms with Crippen LogP contribution in [0, 0.1) is 5.92 Å². The number of aliphatic carboxylic acids is 1. The average Bonchev–Trinajstić information content (AvgIpc) is 2.37. The summed E-state index contributed by atoms with van der Waals surface area (Å²) < 4.78 is 0. The van der Waals surface area contributed by atoms with E-state index >= 15 is 0 Å². The molecule has 3 N–H and O–H groups in total. The van der Waals surface area contributed by atoms with Crippen LogP contribution in [0.15, 0.2) is 0 Å². The van der Waals surface area contributed by atoms with Gasteiger partial charge < -0.3 is 15.7 Å². The molecule has 0 unspecified atom stereocenters. The predicted octanol–water partition coefficient (Wildman–Crippen LogP) is 2.12. The van der Waals surface area contributed by atoms with Crippen LogP contribution in [0.1, 0.15) is 51.9 Å². The minimum Gasteiger partial charge on any atom is -0.480 e. The molecule has 0 aliphatic heterocycles. The van der Waals surface area contributed by atoms with E-state index in [1.807, 2.05) is 0 Å². The van der Waals surface area contributed by atoms with Crippen LogP contribution in [-0.2, 0) is 4.79 Å². The molecule has 1 rings (SSSR count). The Balaban J connectivity index is 2.14. The molecule has 0 aromatic heterocycles. The van der Waals surface area contributed by atoms with Gasteiger partial charge in [-0.2, -0.15) is 0 Å². The van der Waals surface area contributed by atoms with Crippen LogP contribution in [0.4, 0.5) is 4.79 Å². The second kappa shape index (κ2) is 7.95. The van der Waals surface area contributed by atoms with Crippen molar-refractivity contribution < 1.29 is 14.7 Å². The number of hydrogen-bond acceptors (Lipinski definition) is 2. The third-order valence-corrected chi connectivity index (χ3v) is 3.57. The van der Waals surface area contributed by atoms with Gasteiger partial charge in [0.25, 0.3) is 0 Å². The molecule has 1 saturated carbocycles. The van der Waals surface area contributed by atoms with Gasteiger partial charge in [0.1, 0.15) is 6.04 Å². The first kappa shape index (κ1) is 14.8. The highest BCUT2D eigenvalue weighted by molar-refractivity contribution is 5.82. The van der Waals surface area contributed by atoms with Gasteiger partial charge in [-0.05, 0) is 18.8 Å². The second-order valence-electron chi connectivity index (χ2n) is 4.99. The van der Waals surface area contributed by atoms with Gasteiger partial charge in [0.05, 0.1) is 0 Å². The maximum absolute atomic E-state index is 11.5. The number of amides is 2. The Labute approximate surface area is 108 Å². The Hall–Kier alpha value is -1.26. The highest BCUT2D eigenvalue weighted by Crippen LogP contribution is 2.25. The van der Waals surface area contributed by atoms with Crippen LogP contribution in [0.5, 0.6) is 0 Å². The number of carbonyl (C=O) groups excluding carboxylic acids is 1. The molecular formula is C13H24N2O3. The zero-order chi connectivity index (χ0) is 13.4. The van der Waals surface area contributed by atoms with E-state index in [-0.39, 0.29) is 6.03 Å². The molecule has 1 atom stereocenters. The lowest BCUT2D eigenvalue weighted by atomic mass is 9.87. The molecule has 1 aliphatic carbocycles. The molecule has 1 aliphatic rings. The van der Waals surface area contributed by atoms with Gasteiger partial charge in [-0.3, -0.25) is 0 Å². The minimum absolute atomic E-state index is 0.375. The zero-order valence-corrected chi connectivity index (χ0v) is 11.1. The Kier molecular flexibility index (Phi) is 6.54. The zero-order valence-electron chi connectivity index (χ0n) is 11.1. The van der Waals surface area contributed by atoms with Gasteiger partial charge in [-0.25, -0.2) is 9.59 Å². The van der Waals surface area contributed by atoms with Crippen molar-refractivity contribution in [2.24, 2.45) is 5.92 Å². The van der Waals surface area contributed by atoms with Gasteiger partial charge in [-0.1, -0.05) is 39.0 Å². The van der Waals surface area contributed by atoms with E-state index in [0.29, 0.717) is 13.0 Å². The number of carbonyl (C=O) groups is 2. The monoisotopic (exact) mass is 256 g/mol. The van der Waals surface area contributed by atoms with Crippen molar-refractivity contribution in [1.29, 1.82) is 0 Å². The van der Waals surface area contributed by atoms with Gasteiger partial charge in [0, 0.05) is 6.54 Å². The third kappa shape index (κ3) is 5.38. The first-order valence-corrected chi connectivity index (χ1v) is 6.90. The molecule has 18 heavy (non-hydrogen) atoms. The summed E-state index contributed by atoms with van der Waals surface area (Å²) in [6, 6.07) is -1.17. The van der Waals surface area contributed by atoms with E-state index in [2.05, 4.69) is 10.6 Å². The standard InChI is InChI=1S/C13H24N2O3/c1-2-11(12(16)17)15-13(18)14-9-8-10-6-4-3-5-7-10/h10-11H,2-9H2,1H3,(H,16,17)(H2,14,15,18)/t11-/m1/s1. The van der Waals surface area contributed by atoms with Crippen LogP contribution in [0.25, 0.3) is 0 Å². The average molecular weight is 256 g/mol. The summed E-state index contributed by atoms with van der Waals surface area (Å²) in [4.78, 5) is 22.2. The van der Waals surface area contributed by atoms with Crippen LogP contribution in [-0.4, -0.2) is 29.7 Å². The number of nitrogens with one attached hydrogen (secondary N) is 2. The van der Waals surface area contributed by atoms with Crippen molar-refractivity contribution >= 4 is 12.0 Å². The SMILES string of the molecule is CC[C@@H](NC(=O)NCCC1CCCCC1)C(=O)O. The summed E-state index contributed by atoms with van der Waals surface area (Å²) in [5, 5.41) is 14.0. The molecular weight excluding hydrogens is 232 g/mol. The molecule has 5 nitrogen and oxygen atoms in total. The number of urea groups is 1. The molecule has 0 aromatic carbocycles. The lowest BCUT2D eigenvalue weighted by molar-refractivity contribution is -0.139. The van der Waals surface area contributed by atoms with Crippen molar-refractivity contribution in [3.05, 3.63) is 0 Å². The molecule has 1 fully saturated rings. The summed E-state index contributed by atoms with van der Waals surface area (Å²) in [6.07, 6.45) is 7.84. The highest BCUT2D eigenvalue weighted by atomic mass is 16.4. The first-order valence-electron chi connectivity index (χ1n) is 6.90. The topological polar surface area (TPSA) is 78.4 Å². The van der Waals surface area contributed by atoms with Crippen LogP contribution in [0.2, 0.25) is 0 Å². The van der Waals surface area contributed by atoms with Crippen molar-refractivity contribution in [2.45, 2.75) is 57.9 Å². The van der Waals surface area contributed by atoms with Crippen LogP contribution < -0.4 is 10.6 Å². The lowest BCUT2D eigenvalue weighted by Gasteiger charge is -2.21. The maximum Gasteiger partial charge on any atom is 0.326 e. The number of carboxylic acids is 1. The minimum atomic E-state index is -0.986. The molecule has 0 spiro atoms. The molecule has 2 amide bonds. The Bertz CT molecular complexity index is 275. The summed E-state index contributed by atoms with van der Waals surface area (Å²) in [5.74, 6) is -0.263. The van der Waals surface area contributed by atoms with E-state index in [1.165, 1.54) is 32.1 Å². The van der Waals surface area contributed by atoms with Crippen LogP contribution >= 0.6 is 0 Å². The van der Waals surface area contributed by atoms with Crippen molar-refractivity contribution in [2.75, 3.05) is 6.54 Å². The second-order valence-corrected chi connectivity index (χ2v) is 4.99. The van der Waals surface area contributed by atoms with Crippen LogP contribution in [0.3, 0.4) is 0 Å². The van der Waals surface area contributed by atoms with E-state index in [9.17, 15) is 9.59 Å². The molecule has 0 heterocycles. The molecule has 0 bridgehead atoms. The summed E-state index contributed by atoms with van der Waals surface area (Å²) in [5.41, 5.74) is 0. The maximum atomic E-state index is 11.5. The summed E-state index contributed by atoms with van der Waals surface area (Å²) in [6.45, 7) is 2.37. The Morgan fingerprint density at radius 2 is 1.94 bits per heavy atom. The van der Waals surface area contributed by atoms with Crippen molar-refractivity contribution in [3.8, 4) is 0 Å². The fourth-order valence-corrected chi connectivity index (χ4v) is 2.41. The first-order chi connectivity index (χ1) is 8.63. The van der Waals surface area contributed by atoms with Gasteiger partial charge in [0.2, 0.25) is 0 Å². The third-order valence-electron chi connectivity index (χ3n) is 3.57. The normalized spacial score (nSPS) is 18.1. The van der Waals surface area contributed by atoms with Gasteiger partial charge in [0.15, 0.2) is 0 Å². The van der Waals surface area contributed by atoms with E-state index in [1.54, 1.807) is 6.92 Å². The van der Waals surface area contributed by atoms with E-state index < -0.39 is 12.0 Å². The molecule has 0 radical (unpaired) electrons. The lowest BCUT2D eigenvalue weighted by Crippen LogP contribution is -2.46. The Morgan fingerprint density at radius 1 is 1.28 bits per heavy atom. The van der Waals surface area contributed by atoms with Gasteiger partial charge >= 0.3 is 12.0 Å². The Morgan fingerprint density at radius 3 is 2.50 bits per heavy atom. The fraction of sp³-hybridized carbons (Fsp3) is 0.846. The quantitative estimate of drug-likeness (QED) is 0.681. The molecule has 5 heteroatoms. The molecule has 0 aromatic rings. The van der Waals surface area contributed by atoms with E-state index in [4.69, 9.17) is 5.11 Å². The predicted molar refractivity (Wildman–Crippen MR) is 69.4 cm³/mol. The van der Waals surface area contributed by atoms with Crippen molar-refractivity contribution in [1.82, 2.24) is 10.6 Å². The number of hydrogen-bond donors (Lipinski definition) is 3. The molecule has 0 saturated heterocycles. The number of carboxylic acid groups (broad SMARTS) is 1. The summed E-state index contributed by atoms with van der Waals surface area (Å²) in [7, 11) is 0. The summed E-state index contributed by atoms with van der Waals surface area (Å²) >= 11 is 0. The van der Waals surface area contributed by atoms with E-state index in [0.717, 1.165) is 12.3 Å². The fourth-order valence-electron chi connectivity index (χ4n) is 2.41. The van der Waals surface area contributed by atoms with Crippen molar-refractivity contribution in [3.63, 3.8) is 0 Å². The molecule has 104 valence electrons. The largest absolute Gasteiger partial charge is 0.480 e. The highest BCUT2D eigenvalue weighted by Gasteiger charge is 2.17. The smallest absolute Gasteiger partial charge is 0.326 e. The van der Waals surface area contributed by atoms with Gasteiger partial charge in [-0.15, -0.1) is 0 Å².